The van der Waals surface area contributed by atoms with Gasteiger partial charge in [-0.05, 0) is 50.4 Å². The van der Waals surface area contributed by atoms with E-state index in [2.05, 4.69) is 50.5 Å². The first kappa shape index (κ1) is 20.7. The molecule has 1 unspecified atom stereocenters. The molecular formula is C22H27N5O2. The quantitative estimate of drug-likeness (QED) is 0.325. The van der Waals surface area contributed by atoms with Crippen molar-refractivity contribution in [1.29, 1.82) is 0 Å². The molecule has 1 aromatic heterocycles. The number of piperazine rings is 1. The van der Waals surface area contributed by atoms with Gasteiger partial charge in [-0.3, -0.25) is 14.9 Å². The van der Waals surface area contributed by atoms with Gasteiger partial charge in [0.2, 0.25) is 0 Å². The Kier molecular flexibility index (Phi) is 6.72. The summed E-state index contributed by atoms with van der Waals surface area (Å²) in [5.41, 5.74) is 3.60. The zero-order valence-corrected chi connectivity index (χ0v) is 17.2. The minimum Gasteiger partial charge on any atom is -0.466 e. The minimum atomic E-state index is -0.344. The van der Waals surface area contributed by atoms with E-state index in [1.165, 1.54) is 12.7 Å². The van der Waals surface area contributed by atoms with Crippen molar-refractivity contribution >= 4 is 23.7 Å². The molecule has 7 heteroatoms. The molecule has 0 N–H and O–H groups in total. The molecule has 0 aliphatic carbocycles. The molecule has 3 rings (SSSR count). The molecule has 2 heterocycles. The molecule has 0 spiro atoms. The number of nitrogens with zero attached hydrogens (tertiary/aromatic N) is 5. The number of hydrogen-bond donors (Lipinski definition) is 0. The fourth-order valence-corrected chi connectivity index (χ4v) is 3.48. The van der Waals surface area contributed by atoms with Crippen LogP contribution >= 0.6 is 0 Å². The van der Waals surface area contributed by atoms with Crippen LogP contribution < -0.4 is 0 Å². The van der Waals surface area contributed by atoms with Crippen LogP contribution in [0.1, 0.15) is 25.5 Å². The van der Waals surface area contributed by atoms with Gasteiger partial charge in [0.1, 0.15) is 5.82 Å². The van der Waals surface area contributed by atoms with E-state index < -0.39 is 0 Å². The summed E-state index contributed by atoms with van der Waals surface area (Å²) >= 11 is 0. The maximum absolute atomic E-state index is 11.5. The Labute approximate surface area is 171 Å². The first-order valence-electron chi connectivity index (χ1n) is 9.66. The molecular weight excluding hydrogens is 366 g/mol. The second-order valence-electron chi connectivity index (χ2n) is 7.03. The summed E-state index contributed by atoms with van der Waals surface area (Å²) in [4.78, 5) is 29.1. The number of aliphatic imine (C=N–C) groups is 1. The van der Waals surface area contributed by atoms with Crippen LogP contribution in [0.25, 0.3) is 11.0 Å². The second kappa shape index (κ2) is 9.43. The van der Waals surface area contributed by atoms with Crippen molar-refractivity contribution in [2.45, 2.75) is 19.9 Å². The topological polar surface area (TPSA) is 70.9 Å². The number of carbonyl (C=O) groups is 1. The maximum atomic E-state index is 11.5. The Bertz CT molecular complexity index is 945. The highest BCUT2D eigenvalue weighted by Gasteiger charge is 2.23. The molecule has 7 nitrogen and oxygen atoms in total. The summed E-state index contributed by atoms with van der Waals surface area (Å²) in [6.45, 7) is 11.1. The third kappa shape index (κ3) is 4.86. The van der Waals surface area contributed by atoms with Crippen molar-refractivity contribution in [3.05, 3.63) is 59.7 Å². The van der Waals surface area contributed by atoms with Crippen molar-refractivity contribution < 1.29 is 9.53 Å². The van der Waals surface area contributed by atoms with Crippen LogP contribution in [0.4, 0.5) is 0 Å². The smallest absolute Gasteiger partial charge is 0.333 e. The summed E-state index contributed by atoms with van der Waals surface area (Å²) in [5, 5.41) is 0. The zero-order chi connectivity index (χ0) is 20.8. The lowest BCUT2D eigenvalue weighted by Crippen LogP contribution is -2.46. The first-order valence-corrected chi connectivity index (χ1v) is 9.66. The van der Waals surface area contributed by atoms with Gasteiger partial charge in [0, 0.05) is 50.2 Å². The molecule has 1 atom stereocenters. The molecule has 1 aromatic carbocycles. The number of ether oxygens (including phenoxy) is 1. The van der Waals surface area contributed by atoms with E-state index in [0.717, 1.165) is 43.0 Å². The van der Waals surface area contributed by atoms with Gasteiger partial charge in [-0.15, -0.1) is 0 Å². The van der Waals surface area contributed by atoms with Crippen LogP contribution in [0.15, 0.2) is 59.1 Å². The van der Waals surface area contributed by atoms with Crippen LogP contribution in [0.2, 0.25) is 0 Å². The van der Waals surface area contributed by atoms with Crippen molar-refractivity contribution in [1.82, 2.24) is 19.8 Å². The third-order valence-corrected chi connectivity index (χ3v) is 5.31. The Balaban J connectivity index is 1.65. The Morgan fingerprint density at radius 1 is 1.17 bits per heavy atom. The number of methoxy groups -OCH3 is 1. The van der Waals surface area contributed by atoms with Gasteiger partial charge in [-0.25, -0.2) is 9.79 Å². The largest absolute Gasteiger partial charge is 0.466 e. The minimum absolute atomic E-state index is 0.286. The normalized spacial score (nSPS) is 17.3. The molecule has 1 aliphatic heterocycles. The van der Waals surface area contributed by atoms with Crippen LogP contribution in [-0.2, 0) is 9.53 Å². The molecule has 2 aromatic rings. The number of benzene rings is 1. The van der Waals surface area contributed by atoms with Crippen LogP contribution in [0.5, 0.6) is 0 Å². The number of rotatable bonds is 6. The highest BCUT2D eigenvalue weighted by molar-refractivity contribution is 5.87. The number of allylic oxidation sites excluding steroid dienone is 2. The summed E-state index contributed by atoms with van der Waals surface area (Å²) < 4.78 is 4.72. The van der Waals surface area contributed by atoms with E-state index in [9.17, 15) is 4.79 Å². The highest BCUT2D eigenvalue weighted by Crippen LogP contribution is 2.25. The Morgan fingerprint density at radius 2 is 1.86 bits per heavy atom. The zero-order valence-electron chi connectivity index (χ0n) is 17.2. The molecule has 0 radical (unpaired) electrons. The molecule has 29 heavy (non-hydrogen) atoms. The summed E-state index contributed by atoms with van der Waals surface area (Å²) in [6.07, 6.45) is 6.98. The van der Waals surface area contributed by atoms with Gasteiger partial charge in [0.05, 0.1) is 18.1 Å². The van der Waals surface area contributed by atoms with Gasteiger partial charge < -0.3 is 9.64 Å². The number of aromatic nitrogens is 2. The number of carbonyl (C=O) groups excluding carboxylic acids is 1. The van der Waals surface area contributed by atoms with Crippen LogP contribution in [0.3, 0.4) is 0 Å². The van der Waals surface area contributed by atoms with E-state index in [1.54, 1.807) is 25.4 Å². The average Bonchev–Trinajstić information content (AvgIpc) is 2.78. The second-order valence-corrected chi connectivity index (χ2v) is 7.03. The lowest BCUT2D eigenvalue weighted by Gasteiger charge is -2.39. The Hall–Kier alpha value is -3.06. The molecule has 1 aliphatic rings. The van der Waals surface area contributed by atoms with E-state index in [4.69, 9.17) is 4.74 Å². The monoisotopic (exact) mass is 393 g/mol. The van der Waals surface area contributed by atoms with E-state index >= 15 is 0 Å². The van der Waals surface area contributed by atoms with E-state index in [0.29, 0.717) is 5.57 Å². The molecule has 0 bridgehead atoms. The van der Waals surface area contributed by atoms with Crippen LogP contribution in [0, 0.1) is 0 Å². The predicted octanol–water partition coefficient (Wildman–Crippen LogP) is 2.97. The van der Waals surface area contributed by atoms with Crippen LogP contribution in [-0.4, -0.2) is 65.7 Å². The van der Waals surface area contributed by atoms with Crippen molar-refractivity contribution in [2.24, 2.45) is 4.99 Å². The average molecular weight is 393 g/mol. The number of fused-ring (bicyclic) bond motifs is 1. The van der Waals surface area contributed by atoms with E-state index in [1.807, 2.05) is 12.1 Å². The first-order chi connectivity index (χ1) is 14.0. The molecule has 1 saturated heterocycles. The van der Waals surface area contributed by atoms with Gasteiger partial charge in [0.15, 0.2) is 0 Å². The lowest BCUT2D eigenvalue weighted by molar-refractivity contribution is -0.136. The fraction of sp³-hybridized carbons (Fsp3) is 0.364. The maximum Gasteiger partial charge on any atom is 0.333 e. The fourth-order valence-electron chi connectivity index (χ4n) is 3.48. The highest BCUT2D eigenvalue weighted by atomic mass is 16.5. The van der Waals surface area contributed by atoms with Crippen molar-refractivity contribution in [2.75, 3.05) is 33.3 Å². The SMILES string of the molecule is C=N/C(=C\C=C(/C)C(=O)OC)N1CCN(C(C)c2ccc3nccnc3c2)CC1. The van der Waals surface area contributed by atoms with Crippen molar-refractivity contribution in [3.63, 3.8) is 0 Å². The Morgan fingerprint density at radius 3 is 2.52 bits per heavy atom. The summed E-state index contributed by atoms with van der Waals surface area (Å²) in [7, 11) is 1.37. The molecule has 1 fully saturated rings. The van der Waals surface area contributed by atoms with Gasteiger partial charge in [-0.1, -0.05) is 6.07 Å². The van der Waals surface area contributed by atoms with Crippen molar-refractivity contribution in [3.8, 4) is 0 Å². The molecule has 0 amide bonds. The lowest BCUT2D eigenvalue weighted by atomic mass is 10.0. The summed E-state index contributed by atoms with van der Waals surface area (Å²) in [5.74, 6) is 0.421. The van der Waals surface area contributed by atoms with Gasteiger partial charge in [0.25, 0.3) is 0 Å². The third-order valence-electron chi connectivity index (χ3n) is 5.31. The number of esters is 1. The van der Waals surface area contributed by atoms with Gasteiger partial charge >= 0.3 is 5.97 Å². The number of hydrogen-bond acceptors (Lipinski definition) is 7. The molecule has 0 saturated carbocycles. The predicted molar refractivity (Wildman–Crippen MR) is 115 cm³/mol. The molecule has 152 valence electrons. The summed E-state index contributed by atoms with van der Waals surface area (Å²) in [6, 6.07) is 6.57. The van der Waals surface area contributed by atoms with Gasteiger partial charge in [-0.2, -0.15) is 0 Å². The standard InChI is InChI=1S/C22H27N5O2/c1-16(22(28)29-4)5-8-21(23-3)27-13-11-26(12-14-27)17(2)18-6-7-19-20(15-18)25-10-9-24-19/h5-10,15,17H,3,11-14H2,1-2,4H3/b16-5+,21-8+. The van der Waals surface area contributed by atoms with E-state index in [-0.39, 0.29) is 12.0 Å².